The zero-order valence-corrected chi connectivity index (χ0v) is 20.4. The van der Waals surface area contributed by atoms with E-state index in [4.69, 9.17) is 0 Å². The average Bonchev–Trinajstić information content (AvgIpc) is 2.80. The highest BCUT2D eigenvalue weighted by molar-refractivity contribution is 5.82. The van der Waals surface area contributed by atoms with Crippen LogP contribution >= 0.6 is 0 Å². The molecule has 3 nitrogen and oxygen atoms in total. The zero-order chi connectivity index (χ0) is 29.3. The molecule has 0 heterocycles. The van der Waals surface area contributed by atoms with Crippen LogP contribution in [0.2, 0.25) is 0 Å². The van der Waals surface area contributed by atoms with Crippen LogP contribution in [0.4, 0.5) is 50.9 Å². The highest BCUT2D eigenvalue weighted by atomic mass is 19.4. The Balaban J connectivity index is 2.40. The Bertz CT molecular complexity index is 1330. The molecule has 3 aromatic rings. The quantitative estimate of drug-likeness (QED) is 0.282. The summed E-state index contributed by atoms with van der Waals surface area (Å²) in [6.07, 6.45) is -15.8. The molecule has 0 spiro atoms. The molecular weight excluding hydrogens is 541 g/mol. The summed E-state index contributed by atoms with van der Waals surface area (Å²) in [4.78, 5) is 12.1. The minimum absolute atomic E-state index is 0.0247. The summed E-state index contributed by atoms with van der Waals surface area (Å²) in [6, 6.07) is 9.86. The fourth-order valence-corrected chi connectivity index (χ4v) is 4.20. The Kier molecular flexibility index (Phi) is 8.28. The standard InChI is InChI=1S/C27H22F9NO2/c1-14(2)10-19(24(38)39)18-11-16(15-6-4-3-5-7-15)12-22(23(18)27(34,35)36)37-21-13-17(25(28,29)30)8-9-20(21)26(31,32)33/h3-9,11-14,19,37H,10H2,1-2H3,(H,38,39). The lowest BCUT2D eigenvalue weighted by atomic mass is 9.84. The monoisotopic (exact) mass is 563 g/mol. The number of halogens is 9. The van der Waals surface area contributed by atoms with E-state index in [1.165, 1.54) is 24.3 Å². The van der Waals surface area contributed by atoms with Crippen molar-refractivity contribution in [3.8, 4) is 11.1 Å². The normalized spacial score (nSPS) is 13.4. The van der Waals surface area contributed by atoms with Gasteiger partial charge in [-0.05, 0) is 59.4 Å². The third-order valence-electron chi connectivity index (χ3n) is 5.86. The third-order valence-corrected chi connectivity index (χ3v) is 5.86. The topological polar surface area (TPSA) is 49.3 Å². The van der Waals surface area contributed by atoms with Crippen molar-refractivity contribution in [2.24, 2.45) is 5.92 Å². The number of benzene rings is 3. The van der Waals surface area contributed by atoms with Gasteiger partial charge in [0.1, 0.15) is 0 Å². The van der Waals surface area contributed by atoms with Crippen molar-refractivity contribution in [2.75, 3.05) is 5.32 Å². The SMILES string of the molecule is CC(C)CC(C(=O)O)c1cc(-c2ccccc2)cc(Nc2cc(C(F)(F)F)ccc2C(F)(F)F)c1C(F)(F)F. The summed E-state index contributed by atoms with van der Waals surface area (Å²) in [5.41, 5.74) is -7.41. The number of rotatable bonds is 7. The van der Waals surface area contributed by atoms with Gasteiger partial charge in [0, 0.05) is 0 Å². The number of anilines is 2. The van der Waals surface area contributed by atoms with Crippen molar-refractivity contribution in [1.29, 1.82) is 0 Å². The van der Waals surface area contributed by atoms with Gasteiger partial charge in [-0.1, -0.05) is 44.2 Å². The van der Waals surface area contributed by atoms with E-state index in [1.807, 2.05) is 5.32 Å². The maximum Gasteiger partial charge on any atom is 0.418 e. The first-order valence-electron chi connectivity index (χ1n) is 11.5. The highest BCUT2D eigenvalue weighted by Crippen LogP contribution is 2.47. The molecule has 0 saturated heterocycles. The number of nitrogens with one attached hydrogen (secondary N) is 1. The maximum atomic E-state index is 14.5. The fraction of sp³-hybridized carbons (Fsp3) is 0.296. The molecule has 3 aromatic carbocycles. The van der Waals surface area contributed by atoms with Gasteiger partial charge < -0.3 is 10.4 Å². The van der Waals surface area contributed by atoms with Gasteiger partial charge in [0.25, 0.3) is 0 Å². The molecule has 210 valence electrons. The van der Waals surface area contributed by atoms with E-state index in [-0.39, 0.29) is 36.1 Å². The van der Waals surface area contributed by atoms with Gasteiger partial charge in [-0.15, -0.1) is 0 Å². The predicted molar refractivity (Wildman–Crippen MR) is 126 cm³/mol. The fourth-order valence-electron chi connectivity index (χ4n) is 4.20. The lowest BCUT2D eigenvalue weighted by molar-refractivity contribution is -0.142. The average molecular weight is 563 g/mol. The Morgan fingerprint density at radius 3 is 1.87 bits per heavy atom. The summed E-state index contributed by atoms with van der Waals surface area (Å²) in [5, 5.41) is 11.8. The zero-order valence-electron chi connectivity index (χ0n) is 20.4. The molecule has 0 amide bonds. The number of carboxylic acids is 1. The van der Waals surface area contributed by atoms with Crippen molar-refractivity contribution in [2.45, 2.75) is 44.7 Å². The van der Waals surface area contributed by atoms with E-state index in [2.05, 4.69) is 0 Å². The van der Waals surface area contributed by atoms with Gasteiger partial charge >= 0.3 is 24.5 Å². The molecule has 0 bridgehead atoms. The smallest absolute Gasteiger partial charge is 0.418 e. The molecule has 2 N–H and O–H groups in total. The summed E-state index contributed by atoms with van der Waals surface area (Å²) in [7, 11) is 0. The van der Waals surface area contributed by atoms with Crippen molar-refractivity contribution in [3.63, 3.8) is 0 Å². The molecule has 0 aliphatic rings. The summed E-state index contributed by atoms with van der Waals surface area (Å²) < 4.78 is 124. The molecule has 1 unspecified atom stereocenters. The number of carboxylic acid groups (broad SMARTS) is 1. The second-order valence-electron chi connectivity index (χ2n) is 9.25. The Morgan fingerprint density at radius 1 is 0.769 bits per heavy atom. The number of hydrogen-bond acceptors (Lipinski definition) is 2. The van der Waals surface area contributed by atoms with Gasteiger partial charge in [-0.3, -0.25) is 4.79 Å². The second kappa shape index (κ2) is 10.8. The Labute approximate surface area is 217 Å². The van der Waals surface area contributed by atoms with Crippen LogP contribution in [0, 0.1) is 5.92 Å². The van der Waals surface area contributed by atoms with E-state index in [0.29, 0.717) is 5.56 Å². The van der Waals surface area contributed by atoms with Gasteiger partial charge in [-0.2, -0.15) is 39.5 Å². The second-order valence-corrected chi connectivity index (χ2v) is 9.25. The number of alkyl halides is 9. The van der Waals surface area contributed by atoms with Crippen LogP contribution in [0.15, 0.2) is 60.7 Å². The first kappa shape index (κ1) is 29.9. The van der Waals surface area contributed by atoms with Crippen molar-refractivity contribution >= 4 is 17.3 Å². The molecule has 0 fully saturated rings. The van der Waals surface area contributed by atoms with Gasteiger partial charge in [-0.25, -0.2) is 0 Å². The summed E-state index contributed by atoms with van der Waals surface area (Å²) in [6.45, 7) is 3.17. The van der Waals surface area contributed by atoms with Crippen molar-refractivity contribution in [1.82, 2.24) is 0 Å². The molecule has 12 heteroatoms. The van der Waals surface area contributed by atoms with Gasteiger partial charge in [0.2, 0.25) is 0 Å². The van der Waals surface area contributed by atoms with E-state index < -0.39 is 64.0 Å². The van der Waals surface area contributed by atoms with Crippen molar-refractivity contribution in [3.05, 3.63) is 82.9 Å². The molecule has 0 radical (unpaired) electrons. The van der Waals surface area contributed by atoms with E-state index in [0.717, 1.165) is 12.1 Å². The molecule has 3 rings (SSSR count). The minimum atomic E-state index is -5.28. The molecule has 0 saturated carbocycles. The predicted octanol–water partition coefficient (Wildman–Crippen LogP) is 9.37. The van der Waals surface area contributed by atoms with Crippen LogP contribution in [0.1, 0.15) is 48.4 Å². The van der Waals surface area contributed by atoms with Crippen LogP contribution in [0.3, 0.4) is 0 Å². The first-order valence-corrected chi connectivity index (χ1v) is 11.5. The summed E-state index contributed by atoms with van der Waals surface area (Å²) >= 11 is 0. The maximum absolute atomic E-state index is 14.5. The van der Waals surface area contributed by atoms with E-state index >= 15 is 0 Å². The van der Waals surface area contributed by atoms with Crippen molar-refractivity contribution < 1.29 is 49.4 Å². The van der Waals surface area contributed by atoms with Crippen LogP contribution in [-0.2, 0) is 23.3 Å². The van der Waals surface area contributed by atoms with Gasteiger partial charge in [0.15, 0.2) is 0 Å². The lowest BCUT2D eigenvalue weighted by Crippen LogP contribution is -2.21. The van der Waals surface area contributed by atoms with Crippen LogP contribution in [0.25, 0.3) is 11.1 Å². The molecule has 39 heavy (non-hydrogen) atoms. The van der Waals surface area contributed by atoms with Crippen LogP contribution in [-0.4, -0.2) is 11.1 Å². The van der Waals surface area contributed by atoms with Gasteiger partial charge in [0.05, 0.1) is 34.0 Å². The first-order chi connectivity index (χ1) is 17.9. The minimum Gasteiger partial charge on any atom is -0.481 e. The molecular formula is C27H22F9NO2. The highest BCUT2D eigenvalue weighted by Gasteiger charge is 2.42. The van der Waals surface area contributed by atoms with E-state index in [1.54, 1.807) is 19.9 Å². The third kappa shape index (κ3) is 7.04. The lowest BCUT2D eigenvalue weighted by Gasteiger charge is -2.25. The Morgan fingerprint density at radius 2 is 1.38 bits per heavy atom. The molecule has 1 atom stereocenters. The summed E-state index contributed by atoms with van der Waals surface area (Å²) in [5.74, 6) is -3.70. The van der Waals surface area contributed by atoms with Crippen LogP contribution < -0.4 is 5.32 Å². The number of carbonyl (C=O) groups is 1. The number of aliphatic carboxylic acids is 1. The Hall–Kier alpha value is -3.70. The largest absolute Gasteiger partial charge is 0.481 e. The van der Waals surface area contributed by atoms with E-state index in [9.17, 15) is 49.4 Å². The molecule has 0 aliphatic heterocycles. The molecule has 0 aromatic heterocycles. The van der Waals surface area contributed by atoms with Crippen LogP contribution in [0.5, 0.6) is 0 Å². The molecule has 0 aliphatic carbocycles. The number of hydrogen-bond donors (Lipinski definition) is 2.